The van der Waals surface area contributed by atoms with Crippen LogP contribution in [-0.4, -0.2) is 11.0 Å². The maximum absolute atomic E-state index is 10.6. The van der Waals surface area contributed by atoms with Crippen LogP contribution in [0.15, 0.2) is 24.3 Å². The minimum absolute atomic E-state index is 0.140. The van der Waals surface area contributed by atoms with Crippen LogP contribution in [0.1, 0.15) is 45.7 Å². The zero-order chi connectivity index (χ0) is 13.7. The zero-order valence-corrected chi connectivity index (χ0v) is 11.5. The molecule has 0 aliphatic carbocycles. The van der Waals surface area contributed by atoms with Gasteiger partial charge in [-0.15, -0.1) is 0 Å². The van der Waals surface area contributed by atoms with Crippen molar-refractivity contribution in [3.63, 3.8) is 0 Å². The topological polar surface area (TPSA) is 55.2 Å². The maximum atomic E-state index is 10.6. The van der Waals surface area contributed by atoms with Crippen molar-refractivity contribution in [3.05, 3.63) is 39.9 Å². The predicted octanol–water partition coefficient (Wildman–Crippen LogP) is 3.68. The molecule has 100 valence electrons. The van der Waals surface area contributed by atoms with Gasteiger partial charge < -0.3 is 5.32 Å². The molecule has 0 fully saturated rings. The van der Waals surface area contributed by atoms with Gasteiger partial charge in [0, 0.05) is 24.2 Å². The highest BCUT2D eigenvalue weighted by Gasteiger charge is 2.14. The van der Waals surface area contributed by atoms with Gasteiger partial charge in [-0.1, -0.05) is 32.4 Å². The predicted molar refractivity (Wildman–Crippen MR) is 73.6 cm³/mol. The summed E-state index contributed by atoms with van der Waals surface area (Å²) in [6.07, 6.45) is 1.14. The van der Waals surface area contributed by atoms with Crippen LogP contribution < -0.4 is 5.32 Å². The standard InChI is InChI=1S/C14H22N2O2/c1-5-10(2)11(3)15-12(4)13-6-8-14(9-7-13)16(17)18/h6-12,15H,5H2,1-4H3. The monoisotopic (exact) mass is 250 g/mol. The van der Waals surface area contributed by atoms with Crippen molar-refractivity contribution in [3.8, 4) is 0 Å². The van der Waals surface area contributed by atoms with Gasteiger partial charge in [0.05, 0.1) is 4.92 Å². The van der Waals surface area contributed by atoms with Gasteiger partial charge >= 0.3 is 0 Å². The first-order valence-corrected chi connectivity index (χ1v) is 6.46. The molecule has 0 aliphatic heterocycles. The number of non-ortho nitro benzene ring substituents is 1. The highest BCUT2D eigenvalue weighted by molar-refractivity contribution is 5.34. The molecule has 4 heteroatoms. The number of nitro benzene ring substituents is 1. The lowest BCUT2D eigenvalue weighted by Gasteiger charge is -2.24. The van der Waals surface area contributed by atoms with Crippen LogP contribution in [0.2, 0.25) is 0 Å². The van der Waals surface area contributed by atoms with Crippen LogP contribution >= 0.6 is 0 Å². The average Bonchev–Trinajstić information content (AvgIpc) is 2.37. The molecular formula is C14H22N2O2. The zero-order valence-electron chi connectivity index (χ0n) is 11.5. The van der Waals surface area contributed by atoms with Crippen molar-refractivity contribution in [2.24, 2.45) is 5.92 Å². The first kappa shape index (κ1) is 14.6. The quantitative estimate of drug-likeness (QED) is 0.619. The van der Waals surface area contributed by atoms with Crippen molar-refractivity contribution in [1.82, 2.24) is 5.32 Å². The van der Waals surface area contributed by atoms with E-state index in [1.54, 1.807) is 12.1 Å². The van der Waals surface area contributed by atoms with Crippen molar-refractivity contribution in [1.29, 1.82) is 0 Å². The van der Waals surface area contributed by atoms with Gasteiger partial charge in [0.25, 0.3) is 5.69 Å². The van der Waals surface area contributed by atoms with Gasteiger partial charge in [-0.05, 0) is 25.3 Å². The molecule has 0 aliphatic rings. The Labute approximate surface area is 109 Å². The Kier molecular flexibility index (Phi) is 5.28. The average molecular weight is 250 g/mol. The first-order chi connectivity index (χ1) is 8.45. The third-order valence-corrected chi connectivity index (χ3v) is 3.61. The number of nitrogens with one attached hydrogen (secondary N) is 1. The third-order valence-electron chi connectivity index (χ3n) is 3.61. The van der Waals surface area contributed by atoms with Crippen LogP contribution in [0.4, 0.5) is 5.69 Å². The van der Waals surface area contributed by atoms with Crippen LogP contribution in [-0.2, 0) is 0 Å². The number of hydrogen-bond acceptors (Lipinski definition) is 3. The number of benzene rings is 1. The molecule has 4 nitrogen and oxygen atoms in total. The molecule has 0 radical (unpaired) electrons. The van der Waals surface area contributed by atoms with E-state index < -0.39 is 0 Å². The summed E-state index contributed by atoms with van der Waals surface area (Å²) < 4.78 is 0. The van der Waals surface area contributed by atoms with Gasteiger partial charge in [-0.3, -0.25) is 10.1 Å². The fourth-order valence-corrected chi connectivity index (χ4v) is 1.89. The van der Waals surface area contributed by atoms with Crippen LogP contribution in [0, 0.1) is 16.0 Å². The van der Waals surface area contributed by atoms with Crippen molar-refractivity contribution in [2.45, 2.75) is 46.2 Å². The Morgan fingerprint density at radius 1 is 1.22 bits per heavy atom. The number of nitrogens with zero attached hydrogens (tertiary/aromatic N) is 1. The molecule has 3 unspecified atom stereocenters. The molecule has 0 amide bonds. The van der Waals surface area contributed by atoms with E-state index in [9.17, 15) is 10.1 Å². The smallest absolute Gasteiger partial charge is 0.269 e. The molecule has 0 aromatic heterocycles. The third kappa shape index (κ3) is 3.81. The Morgan fingerprint density at radius 3 is 2.22 bits per heavy atom. The molecular weight excluding hydrogens is 228 g/mol. The molecule has 18 heavy (non-hydrogen) atoms. The van der Waals surface area contributed by atoms with Gasteiger partial charge in [0.1, 0.15) is 0 Å². The molecule has 1 N–H and O–H groups in total. The number of nitro groups is 1. The normalized spacial score (nSPS) is 16.0. The molecule has 3 atom stereocenters. The number of hydrogen-bond donors (Lipinski definition) is 1. The summed E-state index contributed by atoms with van der Waals surface area (Å²) in [6, 6.07) is 7.39. The largest absolute Gasteiger partial charge is 0.307 e. The van der Waals surface area contributed by atoms with Gasteiger partial charge in [-0.2, -0.15) is 0 Å². The van der Waals surface area contributed by atoms with E-state index in [-0.39, 0.29) is 16.7 Å². The number of rotatable bonds is 6. The van der Waals surface area contributed by atoms with Gasteiger partial charge in [0.2, 0.25) is 0 Å². The Balaban J connectivity index is 2.66. The Morgan fingerprint density at radius 2 is 1.78 bits per heavy atom. The molecule has 0 heterocycles. The summed E-state index contributed by atoms with van der Waals surface area (Å²) in [5.74, 6) is 0.616. The van der Waals surface area contributed by atoms with Crippen molar-refractivity contribution in [2.75, 3.05) is 0 Å². The van der Waals surface area contributed by atoms with E-state index in [1.165, 1.54) is 0 Å². The minimum Gasteiger partial charge on any atom is -0.307 e. The van der Waals surface area contributed by atoms with Gasteiger partial charge in [-0.25, -0.2) is 0 Å². The van der Waals surface area contributed by atoms with E-state index >= 15 is 0 Å². The van der Waals surface area contributed by atoms with Crippen molar-refractivity contribution >= 4 is 5.69 Å². The molecule has 1 rings (SSSR count). The summed E-state index contributed by atoms with van der Waals surface area (Å²) in [7, 11) is 0. The second-order valence-corrected chi connectivity index (χ2v) is 4.91. The summed E-state index contributed by atoms with van der Waals surface area (Å²) in [4.78, 5) is 10.2. The van der Waals surface area contributed by atoms with E-state index in [0.29, 0.717) is 12.0 Å². The lowest BCUT2D eigenvalue weighted by Crippen LogP contribution is -2.33. The summed E-state index contributed by atoms with van der Waals surface area (Å²) in [5, 5.41) is 14.1. The maximum Gasteiger partial charge on any atom is 0.269 e. The SMILES string of the molecule is CCC(C)C(C)NC(C)c1ccc([N+](=O)[O-])cc1. The molecule has 1 aromatic carbocycles. The highest BCUT2D eigenvalue weighted by atomic mass is 16.6. The van der Waals surface area contributed by atoms with E-state index in [2.05, 4.69) is 33.0 Å². The highest BCUT2D eigenvalue weighted by Crippen LogP contribution is 2.19. The molecule has 0 saturated carbocycles. The second kappa shape index (κ2) is 6.50. The van der Waals surface area contributed by atoms with Crippen LogP contribution in [0.25, 0.3) is 0 Å². The van der Waals surface area contributed by atoms with E-state index in [0.717, 1.165) is 12.0 Å². The molecule has 0 spiro atoms. The summed E-state index contributed by atoms with van der Waals surface area (Å²) >= 11 is 0. The van der Waals surface area contributed by atoms with Crippen molar-refractivity contribution < 1.29 is 4.92 Å². The molecule has 1 aromatic rings. The fourth-order valence-electron chi connectivity index (χ4n) is 1.89. The van der Waals surface area contributed by atoms with Gasteiger partial charge in [0.15, 0.2) is 0 Å². The summed E-state index contributed by atoms with van der Waals surface area (Å²) in [5.41, 5.74) is 1.22. The lowest BCUT2D eigenvalue weighted by atomic mass is 9.98. The Hall–Kier alpha value is -1.42. The lowest BCUT2D eigenvalue weighted by molar-refractivity contribution is -0.384. The first-order valence-electron chi connectivity index (χ1n) is 6.46. The second-order valence-electron chi connectivity index (χ2n) is 4.91. The molecule has 0 bridgehead atoms. The Bertz CT molecular complexity index is 389. The van der Waals surface area contributed by atoms with E-state index in [1.807, 2.05) is 12.1 Å². The van der Waals surface area contributed by atoms with Crippen LogP contribution in [0.5, 0.6) is 0 Å². The summed E-state index contributed by atoms with van der Waals surface area (Å²) in [6.45, 7) is 8.66. The minimum atomic E-state index is -0.371. The fraction of sp³-hybridized carbons (Fsp3) is 0.571. The molecule has 0 saturated heterocycles. The van der Waals surface area contributed by atoms with E-state index in [4.69, 9.17) is 0 Å². The van der Waals surface area contributed by atoms with Crippen LogP contribution in [0.3, 0.4) is 0 Å².